The summed E-state index contributed by atoms with van der Waals surface area (Å²) < 4.78 is 49.9. The van der Waals surface area contributed by atoms with Gasteiger partial charge in [0.1, 0.15) is 5.75 Å². The maximum atomic E-state index is 13.0. The lowest BCUT2D eigenvalue weighted by molar-refractivity contribution is -0.153. The number of benzene rings is 1. The number of alkyl halides is 3. The topological polar surface area (TPSA) is 98.5 Å². The number of pyridine rings is 1. The molecule has 0 saturated carbocycles. The van der Waals surface area contributed by atoms with Gasteiger partial charge in [-0.25, -0.2) is 9.97 Å². The van der Waals surface area contributed by atoms with E-state index in [0.29, 0.717) is 11.0 Å². The lowest BCUT2D eigenvalue weighted by atomic mass is 9.95. The first-order valence-corrected chi connectivity index (χ1v) is 12.4. The molecular formula is C23H26ClF3N4O4S. The van der Waals surface area contributed by atoms with Crippen molar-refractivity contribution in [3.63, 3.8) is 0 Å². The molecule has 3 heterocycles. The number of ether oxygens (including phenoxy) is 2. The molecule has 0 bridgehead atoms. The molecule has 8 nitrogen and oxygen atoms in total. The Kier molecular flexibility index (Phi) is 8.96. The number of rotatable bonds is 6. The molecule has 0 unspecified atom stereocenters. The fourth-order valence-electron chi connectivity index (χ4n) is 3.57. The van der Waals surface area contributed by atoms with Crippen LogP contribution in [0.15, 0.2) is 30.5 Å². The first-order valence-electron chi connectivity index (χ1n) is 10.9. The Labute approximate surface area is 215 Å². The van der Waals surface area contributed by atoms with Crippen molar-refractivity contribution in [2.24, 2.45) is 7.05 Å². The molecule has 3 aromatic rings. The maximum Gasteiger partial charge on any atom is 0.422 e. The van der Waals surface area contributed by atoms with Crippen LogP contribution in [-0.4, -0.2) is 62.5 Å². The Morgan fingerprint density at radius 3 is 2.64 bits per heavy atom. The van der Waals surface area contributed by atoms with Crippen molar-refractivity contribution in [2.45, 2.75) is 31.5 Å². The summed E-state index contributed by atoms with van der Waals surface area (Å²) in [5, 5.41) is 10.2. The van der Waals surface area contributed by atoms with E-state index < -0.39 is 12.8 Å². The van der Waals surface area contributed by atoms with Crippen molar-refractivity contribution >= 4 is 40.3 Å². The van der Waals surface area contributed by atoms with Crippen LogP contribution < -0.4 is 14.8 Å². The molecule has 196 valence electrons. The van der Waals surface area contributed by atoms with Gasteiger partial charge in [-0.3, -0.25) is 4.79 Å². The standard InChI is InChI=1S/C22H22ClF3N4O3S.CH4O/c1-21(5-7-34-8-6-21)29-19(31)18-28-15-4-3-14(10-16(15)30(18)2)33-20-17(9-13(23)11-27-20)32-12-22(24,25)26;1-2/h3-4,9-11H,5-8,12H2,1-2H3,(H,29,31);2H,1H3. The number of carbonyl (C=O) groups excluding carboxylic acids is 1. The van der Waals surface area contributed by atoms with E-state index in [4.69, 9.17) is 26.2 Å². The molecule has 0 radical (unpaired) electrons. The number of halogens is 4. The van der Waals surface area contributed by atoms with Gasteiger partial charge in [-0.05, 0) is 43.4 Å². The second kappa shape index (κ2) is 11.6. The highest BCUT2D eigenvalue weighted by atomic mass is 35.5. The molecule has 0 atom stereocenters. The highest BCUT2D eigenvalue weighted by Crippen LogP contribution is 2.34. The maximum absolute atomic E-state index is 13.0. The van der Waals surface area contributed by atoms with Crippen LogP contribution in [0.1, 0.15) is 30.4 Å². The monoisotopic (exact) mass is 546 g/mol. The molecule has 0 aliphatic carbocycles. The van der Waals surface area contributed by atoms with Gasteiger partial charge in [0.15, 0.2) is 18.2 Å². The summed E-state index contributed by atoms with van der Waals surface area (Å²) >= 11 is 7.72. The summed E-state index contributed by atoms with van der Waals surface area (Å²) in [5.41, 5.74) is 0.905. The van der Waals surface area contributed by atoms with Crippen molar-refractivity contribution in [3.05, 3.63) is 41.3 Å². The first kappa shape index (κ1) is 27.9. The second-order valence-electron chi connectivity index (χ2n) is 8.23. The number of hydrogen-bond donors (Lipinski definition) is 2. The van der Waals surface area contributed by atoms with Crippen molar-refractivity contribution in [2.75, 3.05) is 25.2 Å². The van der Waals surface area contributed by atoms with Crippen molar-refractivity contribution in [1.82, 2.24) is 19.9 Å². The van der Waals surface area contributed by atoms with Crippen molar-refractivity contribution < 1.29 is 32.5 Å². The van der Waals surface area contributed by atoms with Crippen LogP contribution in [0.5, 0.6) is 17.4 Å². The molecule has 1 aliphatic heterocycles. The van der Waals surface area contributed by atoms with Crippen molar-refractivity contribution in [3.8, 4) is 17.4 Å². The number of nitrogens with one attached hydrogen (secondary N) is 1. The highest BCUT2D eigenvalue weighted by Gasteiger charge is 2.31. The van der Waals surface area contributed by atoms with Gasteiger partial charge in [0, 0.05) is 38.0 Å². The average Bonchev–Trinajstić information content (AvgIpc) is 3.16. The van der Waals surface area contributed by atoms with Crippen LogP contribution in [0.2, 0.25) is 5.02 Å². The Morgan fingerprint density at radius 1 is 1.28 bits per heavy atom. The van der Waals surface area contributed by atoms with Crippen LogP contribution in [0, 0.1) is 0 Å². The lowest BCUT2D eigenvalue weighted by Crippen LogP contribution is -2.48. The normalized spacial score (nSPS) is 15.1. The van der Waals surface area contributed by atoms with Gasteiger partial charge in [0.05, 0.1) is 16.1 Å². The highest BCUT2D eigenvalue weighted by molar-refractivity contribution is 7.99. The van der Waals surface area contributed by atoms with E-state index in [9.17, 15) is 18.0 Å². The smallest absolute Gasteiger partial charge is 0.422 e. The number of carbonyl (C=O) groups is 1. The van der Waals surface area contributed by atoms with Crippen LogP contribution in [0.4, 0.5) is 13.2 Å². The number of thioether (sulfide) groups is 1. The molecule has 1 amide bonds. The fraction of sp³-hybridized carbons (Fsp3) is 0.435. The van der Waals surface area contributed by atoms with Crippen molar-refractivity contribution in [1.29, 1.82) is 0 Å². The summed E-state index contributed by atoms with van der Waals surface area (Å²) in [4.78, 5) is 21.3. The predicted octanol–water partition coefficient (Wildman–Crippen LogP) is 4.98. The predicted molar refractivity (Wildman–Crippen MR) is 132 cm³/mol. The number of imidazole rings is 1. The lowest BCUT2D eigenvalue weighted by Gasteiger charge is -2.34. The molecule has 2 aromatic heterocycles. The molecule has 1 aromatic carbocycles. The zero-order valence-corrected chi connectivity index (χ0v) is 21.4. The third-order valence-corrected chi connectivity index (χ3v) is 6.65. The SMILES string of the molecule is CO.Cn1c(C(=O)NC2(C)CCSCC2)nc2ccc(Oc3ncc(Cl)cc3OCC(F)(F)F)cc21. The van der Waals surface area contributed by atoms with Gasteiger partial charge in [0.2, 0.25) is 0 Å². The quantitative estimate of drug-likeness (QED) is 0.450. The van der Waals surface area contributed by atoms with E-state index in [0.717, 1.165) is 31.5 Å². The van der Waals surface area contributed by atoms with Crippen LogP contribution in [0.3, 0.4) is 0 Å². The van der Waals surface area contributed by atoms with Gasteiger partial charge in [-0.2, -0.15) is 24.9 Å². The zero-order valence-electron chi connectivity index (χ0n) is 19.9. The summed E-state index contributed by atoms with van der Waals surface area (Å²) in [5.74, 6) is 1.85. The molecule has 1 fully saturated rings. The summed E-state index contributed by atoms with van der Waals surface area (Å²) in [6, 6.07) is 6.07. The number of aryl methyl sites for hydroxylation is 1. The molecule has 0 spiro atoms. The van der Waals surface area contributed by atoms with Crippen LogP contribution in [0.25, 0.3) is 11.0 Å². The molecular weight excluding hydrogens is 521 g/mol. The molecule has 1 aliphatic rings. The van der Waals surface area contributed by atoms with Crippen LogP contribution >= 0.6 is 23.4 Å². The van der Waals surface area contributed by atoms with Gasteiger partial charge in [0.25, 0.3) is 11.8 Å². The number of aliphatic hydroxyl groups excluding tert-OH is 1. The molecule has 2 N–H and O–H groups in total. The van der Waals surface area contributed by atoms with E-state index in [1.54, 1.807) is 29.8 Å². The minimum absolute atomic E-state index is 0.104. The largest absolute Gasteiger partial charge is 0.478 e. The number of aromatic nitrogens is 3. The summed E-state index contributed by atoms with van der Waals surface area (Å²) in [7, 11) is 2.71. The van der Waals surface area contributed by atoms with E-state index in [1.807, 2.05) is 18.7 Å². The van der Waals surface area contributed by atoms with Gasteiger partial charge < -0.3 is 24.5 Å². The molecule has 36 heavy (non-hydrogen) atoms. The average molecular weight is 547 g/mol. The Morgan fingerprint density at radius 2 is 1.97 bits per heavy atom. The number of aliphatic hydroxyl groups is 1. The fourth-order valence-corrected chi connectivity index (χ4v) is 5.11. The Balaban J connectivity index is 0.00000176. The minimum atomic E-state index is -4.53. The molecule has 13 heteroatoms. The van der Waals surface area contributed by atoms with E-state index >= 15 is 0 Å². The Hall–Kier alpha value is -2.70. The minimum Gasteiger partial charge on any atom is -0.478 e. The van der Waals surface area contributed by atoms with E-state index in [1.165, 1.54) is 12.3 Å². The number of amides is 1. The third-order valence-electron chi connectivity index (χ3n) is 5.46. The number of nitrogens with zero attached hydrogens (tertiary/aromatic N) is 3. The summed E-state index contributed by atoms with van der Waals surface area (Å²) in [6.07, 6.45) is -1.51. The number of fused-ring (bicyclic) bond motifs is 1. The van der Waals surface area contributed by atoms with Gasteiger partial charge in [-0.15, -0.1) is 0 Å². The second-order valence-corrected chi connectivity index (χ2v) is 9.90. The Bertz CT molecular complexity index is 1220. The van der Waals surface area contributed by atoms with Crippen LogP contribution in [-0.2, 0) is 7.05 Å². The zero-order chi connectivity index (χ0) is 26.5. The third kappa shape index (κ3) is 6.95. The number of hydrogen-bond acceptors (Lipinski definition) is 7. The van der Waals surface area contributed by atoms with Gasteiger partial charge in [-0.1, -0.05) is 11.6 Å². The molecule has 4 rings (SSSR count). The summed E-state index contributed by atoms with van der Waals surface area (Å²) in [6.45, 7) is 0.527. The van der Waals surface area contributed by atoms with Gasteiger partial charge >= 0.3 is 6.18 Å². The van der Waals surface area contributed by atoms with E-state index in [2.05, 4.69) is 15.3 Å². The van der Waals surface area contributed by atoms with E-state index in [-0.39, 0.29) is 39.7 Å². The molecule has 1 saturated heterocycles. The first-order chi connectivity index (χ1) is 17.0.